The first kappa shape index (κ1) is 29.7. The van der Waals surface area contributed by atoms with Gasteiger partial charge in [0, 0.05) is 29.1 Å². The highest BCUT2D eigenvalue weighted by Gasteiger charge is 2.36. The number of unbranched alkanes of at least 4 members (excludes halogenated alkanes) is 1. The van der Waals surface area contributed by atoms with Crippen molar-refractivity contribution in [1.82, 2.24) is 15.1 Å². The number of halogens is 1. The molecule has 0 bridgehead atoms. The van der Waals surface area contributed by atoms with Crippen LogP contribution >= 0.6 is 0 Å². The van der Waals surface area contributed by atoms with Crippen LogP contribution in [0, 0.1) is 17.1 Å². The van der Waals surface area contributed by atoms with Crippen LogP contribution in [-0.2, 0) is 5.41 Å². The van der Waals surface area contributed by atoms with Gasteiger partial charge in [0.2, 0.25) is 5.75 Å². The summed E-state index contributed by atoms with van der Waals surface area (Å²) in [5, 5.41) is 19.2. The van der Waals surface area contributed by atoms with E-state index in [0.29, 0.717) is 34.7 Å². The average Bonchev–Trinajstić information content (AvgIpc) is 3.41. The SMILES string of the molecule is CCCCC(C#N)(CCC(CC)N1CCC(c2[nH]nc3cc(F)ccc23)CC1)c1cc(OC)c(OC)c(OC)c1. The first-order chi connectivity index (χ1) is 19.4. The smallest absolute Gasteiger partial charge is 0.203 e. The van der Waals surface area contributed by atoms with E-state index in [0.717, 1.165) is 81.1 Å². The van der Waals surface area contributed by atoms with Gasteiger partial charge in [-0.3, -0.25) is 5.10 Å². The first-order valence-corrected chi connectivity index (χ1v) is 14.5. The van der Waals surface area contributed by atoms with Gasteiger partial charge in [0.05, 0.1) is 38.3 Å². The summed E-state index contributed by atoms with van der Waals surface area (Å²) in [7, 11) is 4.82. The Hall–Kier alpha value is -3.31. The van der Waals surface area contributed by atoms with Gasteiger partial charge < -0.3 is 19.1 Å². The molecule has 2 heterocycles. The number of hydrogen-bond acceptors (Lipinski definition) is 6. The van der Waals surface area contributed by atoms with Gasteiger partial charge in [0.1, 0.15) is 5.82 Å². The molecule has 0 radical (unpaired) electrons. The largest absolute Gasteiger partial charge is 0.493 e. The highest BCUT2D eigenvalue weighted by Crippen LogP contribution is 2.45. The maximum atomic E-state index is 13.6. The summed E-state index contributed by atoms with van der Waals surface area (Å²) in [4.78, 5) is 2.59. The van der Waals surface area contributed by atoms with Gasteiger partial charge in [-0.15, -0.1) is 0 Å². The van der Waals surface area contributed by atoms with Crippen molar-refractivity contribution in [2.75, 3.05) is 34.4 Å². The zero-order valence-electron chi connectivity index (χ0n) is 24.6. The maximum absolute atomic E-state index is 13.6. The number of nitriles is 1. The summed E-state index contributed by atoms with van der Waals surface area (Å²) in [5.74, 6) is 1.82. The Morgan fingerprint density at radius 1 is 1.07 bits per heavy atom. The van der Waals surface area contributed by atoms with E-state index in [1.807, 2.05) is 18.2 Å². The number of nitrogens with one attached hydrogen (secondary N) is 1. The number of rotatable bonds is 13. The second-order valence-corrected chi connectivity index (χ2v) is 10.9. The number of likely N-dealkylation sites (tertiary alicyclic amines) is 1. The van der Waals surface area contributed by atoms with Crippen LogP contribution in [0.4, 0.5) is 4.39 Å². The predicted octanol–water partition coefficient (Wildman–Crippen LogP) is 7.12. The fraction of sp³-hybridized carbons (Fsp3) is 0.562. The van der Waals surface area contributed by atoms with Crippen molar-refractivity contribution in [3.63, 3.8) is 0 Å². The van der Waals surface area contributed by atoms with E-state index in [1.54, 1.807) is 21.3 Å². The summed E-state index contributed by atoms with van der Waals surface area (Å²) >= 11 is 0. The van der Waals surface area contributed by atoms with E-state index >= 15 is 0 Å². The van der Waals surface area contributed by atoms with E-state index in [4.69, 9.17) is 14.2 Å². The monoisotopic (exact) mass is 550 g/mol. The number of nitrogens with zero attached hydrogens (tertiary/aromatic N) is 3. The van der Waals surface area contributed by atoms with Crippen LogP contribution < -0.4 is 14.2 Å². The molecule has 1 fully saturated rings. The quantitative estimate of drug-likeness (QED) is 0.244. The molecule has 216 valence electrons. The highest BCUT2D eigenvalue weighted by atomic mass is 19.1. The van der Waals surface area contributed by atoms with Crippen molar-refractivity contribution < 1.29 is 18.6 Å². The van der Waals surface area contributed by atoms with Gasteiger partial charge in [-0.25, -0.2) is 4.39 Å². The summed E-state index contributed by atoms with van der Waals surface area (Å²) in [6.45, 7) is 6.39. The molecular weight excluding hydrogens is 507 g/mol. The van der Waals surface area contributed by atoms with Gasteiger partial charge in [0.25, 0.3) is 0 Å². The lowest BCUT2D eigenvalue weighted by Crippen LogP contribution is -2.41. The zero-order valence-corrected chi connectivity index (χ0v) is 24.6. The molecule has 2 aromatic carbocycles. The lowest BCUT2D eigenvalue weighted by atomic mass is 9.73. The minimum Gasteiger partial charge on any atom is -0.493 e. The third-order valence-corrected chi connectivity index (χ3v) is 8.76. The van der Waals surface area contributed by atoms with Crippen LogP contribution in [0.5, 0.6) is 17.2 Å². The molecule has 0 amide bonds. The third kappa shape index (κ3) is 6.05. The third-order valence-electron chi connectivity index (χ3n) is 8.76. The number of methoxy groups -OCH3 is 3. The van der Waals surface area contributed by atoms with E-state index in [-0.39, 0.29) is 5.82 Å². The zero-order chi connectivity index (χ0) is 28.7. The minimum absolute atomic E-state index is 0.259. The molecule has 3 aromatic rings. The van der Waals surface area contributed by atoms with Gasteiger partial charge in [-0.1, -0.05) is 26.7 Å². The Kier molecular flexibility index (Phi) is 9.91. The number of aromatic amines is 1. The number of benzene rings is 2. The fourth-order valence-electron chi connectivity index (χ4n) is 6.35. The van der Waals surface area contributed by atoms with Crippen molar-refractivity contribution in [2.24, 2.45) is 0 Å². The van der Waals surface area contributed by atoms with Gasteiger partial charge in [0.15, 0.2) is 11.5 Å². The number of ether oxygens (including phenoxy) is 3. The van der Waals surface area contributed by atoms with Crippen LogP contribution in [-0.4, -0.2) is 55.6 Å². The average molecular weight is 551 g/mol. The van der Waals surface area contributed by atoms with Crippen molar-refractivity contribution in [3.05, 3.63) is 47.4 Å². The highest BCUT2D eigenvalue weighted by molar-refractivity contribution is 5.81. The van der Waals surface area contributed by atoms with Gasteiger partial charge >= 0.3 is 0 Å². The summed E-state index contributed by atoms with van der Waals surface area (Å²) < 4.78 is 30.4. The number of fused-ring (bicyclic) bond motifs is 1. The number of H-pyrrole nitrogens is 1. The molecule has 1 aliphatic heterocycles. The molecule has 40 heavy (non-hydrogen) atoms. The van der Waals surface area contributed by atoms with Crippen molar-refractivity contribution >= 4 is 10.9 Å². The van der Waals surface area contributed by atoms with Crippen LogP contribution in [0.1, 0.15) is 82.4 Å². The molecule has 4 rings (SSSR count). The van der Waals surface area contributed by atoms with Gasteiger partial charge in [-0.05, 0) is 81.4 Å². The number of hydrogen-bond donors (Lipinski definition) is 1. The van der Waals surface area contributed by atoms with Crippen molar-refractivity contribution in [1.29, 1.82) is 5.26 Å². The lowest BCUT2D eigenvalue weighted by Gasteiger charge is -2.38. The summed E-state index contributed by atoms with van der Waals surface area (Å²) in [5.41, 5.74) is 2.09. The fourth-order valence-corrected chi connectivity index (χ4v) is 6.35. The Bertz CT molecular complexity index is 1290. The van der Waals surface area contributed by atoms with E-state index in [9.17, 15) is 9.65 Å². The van der Waals surface area contributed by atoms with Crippen molar-refractivity contribution in [2.45, 2.75) is 82.6 Å². The summed E-state index contributed by atoms with van der Waals surface area (Å²) in [6.07, 6.45) is 7.54. The van der Waals surface area contributed by atoms with Crippen molar-refractivity contribution in [3.8, 4) is 23.3 Å². The Morgan fingerprint density at radius 2 is 1.77 bits per heavy atom. The Balaban J connectivity index is 1.50. The van der Waals surface area contributed by atoms with Crippen LogP contribution in [0.3, 0.4) is 0 Å². The molecule has 1 aliphatic rings. The first-order valence-electron chi connectivity index (χ1n) is 14.5. The molecule has 0 spiro atoms. The molecule has 1 N–H and O–H groups in total. The second-order valence-electron chi connectivity index (χ2n) is 10.9. The molecular formula is C32H43FN4O3. The number of piperidine rings is 1. The van der Waals surface area contributed by atoms with E-state index < -0.39 is 5.41 Å². The molecule has 7 nitrogen and oxygen atoms in total. The van der Waals surface area contributed by atoms with Gasteiger partial charge in [-0.2, -0.15) is 10.4 Å². The molecule has 1 aromatic heterocycles. The predicted molar refractivity (Wildman–Crippen MR) is 156 cm³/mol. The molecule has 8 heteroatoms. The van der Waals surface area contributed by atoms with Crippen LogP contribution in [0.2, 0.25) is 0 Å². The maximum Gasteiger partial charge on any atom is 0.203 e. The van der Waals surface area contributed by atoms with Crippen LogP contribution in [0.15, 0.2) is 30.3 Å². The topological polar surface area (TPSA) is 83.4 Å². The normalized spacial score (nSPS) is 16.8. The molecule has 2 unspecified atom stereocenters. The molecule has 1 saturated heterocycles. The number of aromatic nitrogens is 2. The van der Waals surface area contributed by atoms with E-state index in [1.165, 1.54) is 12.1 Å². The standard InChI is InChI=1S/C32H43FN4O3/c1-6-8-14-32(21-34,23-18-28(38-3)31(40-5)29(19-23)39-4)15-11-25(7-2)37-16-12-22(13-17-37)30-26-10-9-24(33)20-27(26)35-36-30/h9-10,18-20,22,25H,6-8,11-17H2,1-5H3,(H,35,36). The molecule has 0 saturated carbocycles. The molecule has 0 aliphatic carbocycles. The van der Waals surface area contributed by atoms with Crippen LogP contribution in [0.25, 0.3) is 10.9 Å². The lowest BCUT2D eigenvalue weighted by molar-refractivity contribution is 0.134. The Morgan fingerprint density at radius 3 is 2.35 bits per heavy atom. The Labute approximate surface area is 237 Å². The molecule has 2 atom stereocenters. The summed E-state index contributed by atoms with van der Waals surface area (Å²) in [6, 6.07) is 11.9. The van der Waals surface area contributed by atoms with E-state index in [2.05, 4.69) is 35.0 Å². The minimum atomic E-state index is -0.640. The second kappa shape index (κ2) is 13.4.